The van der Waals surface area contributed by atoms with Crippen LogP contribution in [0.1, 0.15) is 82.6 Å². The molecule has 4 rings (SSSR count). The number of halogens is 3. The van der Waals surface area contributed by atoms with Crippen molar-refractivity contribution >= 4 is 10.8 Å². The van der Waals surface area contributed by atoms with Crippen molar-refractivity contribution in [2.75, 3.05) is 0 Å². The fraction of sp³-hybridized carbons (Fsp3) is 0.615. The first-order chi connectivity index (χ1) is 14.5. The van der Waals surface area contributed by atoms with E-state index < -0.39 is 6.61 Å². The second-order valence-corrected chi connectivity index (χ2v) is 9.45. The van der Waals surface area contributed by atoms with Crippen LogP contribution in [0.5, 0.6) is 5.75 Å². The summed E-state index contributed by atoms with van der Waals surface area (Å²) in [7, 11) is 0. The molecular weight excluding hydrogens is 385 g/mol. The molecule has 0 unspecified atom stereocenters. The molecule has 2 saturated carbocycles. The van der Waals surface area contributed by atoms with Gasteiger partial charge in [0.1, 0.15) is 11.6 Å². The molecule has 2 fully saturated rings. The van der Waals surface area contributed by atoms with Gasteiger partial charge in [-0.3, -0.25) is 0 Å². The first kappa shape index (κ1) is 21.5. The molecule has 2 aliphatic rings. The summed E-state index contributed by atoms with van der Waals surface area (Å²) in [5, 5.41) is 1.09. The van der Waals surface area contributed by atoms with Gasteiger partial charge in [0, 0.05) is 5.39 Å². The van der Waals surface area contributed by atoms with E-state index in [1.807, 2.05) is 6.07 Å². The third kappa shape index (κ3) is 4.95. The molecule has 1 nitrogen and oxygen atoms in total. The Morgan fingerprint density at radius 3 is 2.20 bits per heavy atom. The van der Waals surface area contributed by atoms with E-state index in [9.17, 15) is 13.2 Å². The highest BCUT2D eigenvalue weighted by Crippen LogP contribution is 2.45. The van der Waals surface area contributed by atoms with Crippen molar-refractivity contribution in [2.45, 2.75) is 83.7 Å². The Kier molecular flexibility index (Phi) is 6.90. The average molecular weight is 419 g/mol. The summed E-state index contributed by atoms with van der Waals surface area (Å²) in [4.78, 5) is 0. The molecule has 4 heteroatoms. The number of benzene rings is 2. The van der Waals surface area contributed by atoms with Gasteiger partial charge in [-0.25, -0.2) is 4.39 Å². The highest BCUT2D eigenvalue weighted by Gasteiger charge is 2.31. The quantitative estimate of drug-likeness (QED) is 0.457. The maximum Gasteiger partial charge on any atom is 0.387 e. The summed E-state index contributed by atoms with van der Waals surface area (Å²) in [6, 6.07) is 8.18. The molecule has 0 aliphatic heterocycles. The van der Waals surface area contributed by atoms with Crippen LogP contribution in [0.25, 0.3) is 10.8 Å². The standard InChI is InChI=1S/C26H33F3O/c1-2-3-17-4-6-18(7-5-17)19-8-10-20(11-9-19)22-14-21-12-13-23(30-26(28)29)16-24(21)25(27)15-22/h12-20,26H,2-11H2,1H3. The molecule has 0 saturated heterocycles. The van der Waals surface area contributed by atoms with Crippen molar-refractivity contribution < 1.29 is 17.9 Å². The van der Waals surface area contributed by atoms with Crippen LogP contribution >= 0.6 is 0 Å². The molecule has 0 aromatic heterocycles. The molecule has 0 bridgehead atoms. The molecule has 2 aliphatic carbocycles. The molecule has 2 aromatic rings. The summed E-state index contributed by atoms with van der Waals surface area (Å²) in [5.74, 6) is 2.73. The number of rotatable bonds is 6. The lowest BCUT2D eigenvalue weighted by Gasteiger charge is -2.38. The molecular formula is C26H33F3O. The number of hydrogen-bond acceptors (Lipinski definition) is 1. The summed E-state index contributed by atoms with van der Waals surface area (Å²) in [6.45, 7) is -0.610. The van der Waals surface area contributed by atoms with E-state index in [0.717, 1.165) is 41.5 Å². The molecule has 0 amide bonds. The van der Waals surface area contributed by atoms with E-state index in [1.165, 1.54) is 63.5 Å². The topological polar surface area (TPSA) is 9.23 Å². The smallest absolute Gasteiger partial charge is 0.387 e. The molecule has 0 atom stereocenters. The van der Waals surface area contributed by atoms with E-state index in [1.54, 1.807) is 12.1 Å². The van der Waals surface area contributed by atoms with Crippen molar-refractivity contribution in [1.29, 1.82) is 0 Å². The highest BCUT2D eigenvalue weighted by molar-refractivity contribution is 5.85. The van der Waals surface area contributed by atoms with E-state index in [2.05, 4.69) is 11.7 Å². The van der Waals surface area contributed by atoms with E-state index >= 15 is 0 Å². The van der Waals surface area contributed by atoms with E-state index in [-0.39, 0.29) is 11.6 Å². The van der Waals surface area contributed by atoms with Gasteiger partial charge in [0.25, 0.3) is 0 Å². The van der Waals surface area contributed by atoms with Crippen molar-refractivity contribution in [1.82, 2.24) is 0 Å². The van der Waals surface area contributed by atoms with Crippen LogP contribution in [0.3, 0.4) is 0 Å². The van der Waals surface area contributed by atoms with Crippen LogP contribution < -0.4 is 4.74 Å². The lowest BCUT2D eigenvalue weighted by Crippen LogP contribution is -2.25. The first-order valence-corrected chi connectivity index (χ1v) is 11.7. The van der Waals surface area contributed by atoms with Crippen molar-refractivity contribution in [3.05, 3.63) is 41.7 Å². The van der Waals surface area contributed by atoms with Crippen LogP contribution in [0, 0.1) is 23.6 Å². The molecule has 0 N–H and O–H groups in total. The minimum Gasteiger partial charge on any atom is -0.435 e. The van der Waals surface area contributed by atoms with Gasteiger partial charge in [-0.15, -0.1) is 0 Å². The predicted octanol–water partition coefficient (Wildman–Crippen LogP) is 8.46. The SMILES string of the molecule is CCCC1CCC(C2CCC(c3cc(F)c4cc(OC(F)F)ccc4c3)CC2)CC1. The lowest BCUT2D eigenvalue weighted by molar-refractivity contribution is -0.0497. The van der Waals surface area contributed by atoms with E-state index in [4.69, 9.17) is 0 Å². The zero-order chi connectivity index (χ0) is 21.1. The van der Waals surface area contributed by atoms with Crippen LogP contribution in [0.4, 0.5) is 13.2 Å². The van der Waals surface area contributed by atoms with Crippen molar-refractivity contribution in [3.8, 4) is 5.75 Å². The zero-order valence-electron chi connectivity index (χ0n) is 17.9. The number of alkyl halides is 2. The first-order valence-electron chi connectivity index (χ1n) is 11.7. The van der Waals surface area contributed by atoms with Gasteiger partial charge < -0.3 is 4.74 Å². The third-order valence-corrected chi connectivity index (χ3v) is 7.62. The predicted molar refractivity (Wildman–Crippen MR) is 116 cm³/mol. The Hall–Kier alpha value is -1.71. The second kappa shape index (κ2) is 9.62. The number of fused-ring (bicyclic) bond motifs is 1. The molecule has 164 valence electrons. The fourth-order valence-corrected chi connectivity index (χ4v) is 6.01. The Labute approximate surface area is 178 Å². The third-order valence-electron chi connectivity index (χ3n) is 7.62. The van der Waals surface area contributed by atoms with E-state index in [0.29, 0.717) is 11.3 Å². The number of hydrogen-bond donors (Lipinski definition) is 0. The average Bonchev–Trinajstić information content (AvgIpc) is 2.75. The maximum absolute atomic E-state index is 14.7. The summed E-state index contributed by atoms with van der Waals surface area (Å²) < 4.78 is 44.0. The van der Waals surface area contributed by atoms with Crippen molar-refractivity contribution in [3.63, 3.8) is 0 Å². The summed E-state index contributed by atoms with van der Waals surface area (Å²) in [5.41, 5.74) is 1.05. The van der Waals surface area contributed by atoms with Gasteiger partial charge in [0.2, 0.25) is 0 Å². The highest BCUT2D eigenvalue weighted by atomic mass is 19.3. The molecule has 2 aromatic carbocycles. The Morgan fingerprint density at radius 2 is 1.57 bits per heavy atom. The minimum atomic E-state index is -2.90. The van der Waals surface area contributed by atoms with Crippen molar-refractivity contribution in [2.24, 2.45) is 17.8 Å². The van der Waals surface area contributed by atoms with Crippen LogP contribution in [0.2, 0.25) is 0 Å². The van der Waals surface area contributed by atoms with Gasteiger partial charge in [0.05, 0.1) is 0 Å². The normalized spacial score (nSPS) is 27.5. The summed E-state index contributed by atoms with van der Waals surface area (Å²) >= 11 is 0. The lowest BCUT2D eigenvalue weighted by atomic mass is 9.68. The van der Waals surface area contributed by atoms with Gasteiger partial charge in [-0.1, -0.05) is 44.7 Å². The van der Waals surface area contributed by atoms with Gasteiger partial charge in [-0.05, 0) is 91.3 Å². The molecule has 0 spiro atoms. The molecule has 0 radical (unpaired) electrons. The Balaban J connectivity index is 1.38. The Morgan fingerprint density at radius 1 is 0.900 bits per heavy atom. The monoisotopic (exact) mass is 418 g/mol. The van der Waals surface area contributed by atoms with Gasteiger partial charge in [-0.2, -0.15) is 8.78 Å². The zero-order valence-corrected chi connectivity index (χ0v) is 17.9. The second-order valence-electron chi connectivity index (χ2n) is 9.45. The minimum absolute atomic E-state index is 0.00156. The summed E-state index contributed by atoms with van der Waals surface area (Å²) in [6.07, 6.45) is 13.0. The molecule has 30 heavy (non-hydrogen) atoms. The molecule has 0 heterocycles. The van der Waals surface area contributed by atoms with Crippen LogP contribution in [0.15, 0.2) is 30.3 Å². The fourth-order valence-electron chi connectivity index (χ4n) is 6.01. The largest absolute Gasteiger partial charge is 0.435 e. The van der Waals surface area contributed by atoms with Crippen LogP contribution in [-0.2, 0) is 0 Å². The van der Waals surface area contributed by atoms with Gasteiger partial charge >= 0.3 is 6.61 Å². The van der Waals surface area contributed by atoms with Crippen LogP contribution in [-0.4, -0.2) is 6.61 Å². The maximum atomic E-state index is 14.7. The van der Waals surface area contributed by atoms with Gasteiger partial charge in [0.15, 0.2) is 0 Å². The Bertz CT molecular complexity index is 834. The number of ether oxygens (including phenoxy) is 1.